The van der Waals surface area contributed by atoms with Crippen LogP contribution in [0, 0.1) is 16.8 Å². The van der Waals surface area contributed by atoms with Crippen LogP contribution < -0.4 is 9.63 Å². The fraction of sp³-hybridized carbons (Fsp3) is 0.160. The molecule has 4 aromatic rings. The number of rotatable bonds is 3. The molecule has 0 bridgehead atoms. The molecule has 0 radical (unpaired) electrons. The number of hydrogen-bond acceptors (Lipinski definition) is 4. The van der Waals surface area contributed by atoms with Crippen LogP contribution >= 0.6 is 11.6 Å². The van der Waals surface area contributed by atoms with E-state index in [-0.39, 0.29) is 24.3 Å². The molecule has 178 valence electrons. The van der Waals surface area contributed by atoms with Crippen molar-refractivity contribution in [3.05, 3.63) is 82.7 Å². The van der Waals surface area contributed by atoms with E-state index in [4.69, 9.17) is 16.6 Å². The number of amides is 1. The van der Waals surface area contributed by atoms with Crippen LogP contribution in [0.1, 0.15) is 0 Å². The standard InChI is InChI=1S/C25H19ClF2N4O3/c26-20-4-2-1-3-18(20)24-23-17(7-8-32(24)35)19(16-6-5-15(27)13-21(16)28)14-22(29-23)30-9-11-31(12-10-30)25(33)34/h1-8,13-14H,9-12H2,(H,33,34). The van der Waals surface area contributed by atoms with Crippen LogP contribution in [-0.2, 0) is 0 Å². The highest BCUT2D eigenvalue weighted by Gasteiger charge is 2.26. The lowest BCUT2D eigenvalue weighted by Crippen LogP contribution is -2.48. The van der Waals surface area contributed by atoms with Crippen LogP contribution in [-0.4, -0.2) is 47.3 Å². The first kappa shape index (κ1) is 22.8. The van der Waals surface area contributed by atoms with Gasteiger partial charge in [0.2, 0.25) is 0 Å². The van der Waals surface area contributed by atoms with Crippen molar-refractivity contribution < 1.29 is 23.4 Å². The van der Waals surface area contributed by atoms with Gasteiger partial charge in [-0.1, -0.05) is 23.7 Å². The molecule has 1 aliphatic rings. The third kappa shape index (κ3) is 4.19. The number of piperazine rings is 1. The fourth-order valence-electron chi connectivity index (χ4n) is 4.33. The molecule has 1 saturated heterocycles. The van der Waals surface area contributed by atoms with Crippen LogP contribution in [0.25, 0.3) is 33.3 Å². The molecule has 3 heterocycles. The minimum atomic E-state index is -1.00. The number of pyridine rings is 2. The lowest BCUT2D eigenvalue weighted by atomic mass is 9.98. The lowest BCUT2D eigenvalue weighted by Gasteiger charge is -2.34. The summed E-state index contributed by atoms with van der Waals surface area (Å²) in [6, 6.07) is 13.4. The average molecular weight is 497 g/mol. The molecular weight excluding hydrogens is 478 g/mol. The van der Waals surface area contributed by atoms with Crippen molar-refractivity contribution in [3.8, 4) is 22.4 Å². The van der Waals surface area contributed by atoms with Gasteiger partial charge in [-0.25, -0.2) is 18.6 Å². The molecule has 0 saturated carbocycles. The van der Waals surface area contributed by atoms with Crippen LogP contribution in [0.2, 0.25) is 5.02 Å². The highest BCUT2D eigenvalue weighted by atomic mass is 35.5. The highest BCUT2D eigenvalue weighted by molar-refractivity contribution is 6.33. The van der Waals surface area contributed by atoms with Gasteiger partial charge in [0.25, 0.3) is 5.69 Å². The summed E-state index contributed by atoms with van der Waals surface area (Å²) in [5.41, 5.74) is 1.53. The van der Waals surface area contributed by atoms with E-state index in [0.717, 1.165) is 6.07 Å². The molecule has 7 nitrogen and oxygen atoms in total. The predicted octanol–water partition coefficient (Wildman–Crippen LogP) is 4.93. The summed E-state index contributed by atoms with van der Waals surface area (Å²) in [4.78, 5) is 19.3. The summed E-state index contributed by atoms with van der Waals surface area (Å²) in [6.07, 6.45) is 0.303. The number of carboxylic acid groups (broad SMARTS) is 1. The first-order valence-electron chi connectivity index (χ1n) is 10.8. The van der Waals surface area contributed by atoms with Crippen molar-refractivity contribution in [2.75, 3.05) is 31.1 Å². The second-order valence-corrected chi connectivity index (χ2v) is 8.55. The van der Waals surface area contributed by atoms with Crippen molar-refractivity contribution in [2.45, 2.75) is 0 Å². The number of anilines is 1. The van der Waals surface area contributed by atoms with E-state index in [1.54, 1.807) is 36.4 Å². The quantitative estimate of drug-likeness (QED) is 0.321. The van der Waals surface area contributed by atoms with Crippen molar-refractivity contribution in [1.29, 1.82) is 0 Å². The molecule has 0 atom stereocenters. The molecule has 35 heavy (non-hydrogen) atoms. The van der Waals surface area contributed by atoms with Gasteiger partial charge in [-0.2, -0.15) is 4.73 Å². The minimum Gasteiger partial charge on any atom is -0.618 e. The fourth-order valence-corrected chi connectivity index (χ4v) is 4.56. The maximum absolute atomic E-state index is 14.9. The van der Waals surface area contributed by atoms with Crippen molar-refractivity contribution in [3.63, 3.8) is 0 Å². The van der Waals surface area contributed by atoms with E-state index in [9.17, 15) is 23.9 Å². The Bertz CT molecular complexity index is 1460. The molecule has 1 N–H and O–H groups in total. The minimum absolute atomic E-state index is 0.151. The topological polar surface area (TPSA) is 83.6 Å². The number of hydrogen-bond donors (Lipinski definition) is 1. The number of halogens is 3. The Kier molecular flexibility index (Phi) is 5.86. The van der Waals surface area contributed by atoms with Gasteiger partial charge < -0.3 is 20.1 Å². The normalized spacial score (nSPS) is 13.9. The Morgan fingerprint density at radius 1 is 1.00 bits per heavy atom. The average Bonchev–Trinajstić information content (AvgIpc) is 2.84. The Morgan fingerprint density at radius 3 is 2.43 bits per heavy atom. The van der Waals surface area contributed by atoms with E-state index in [1.165, 1.54) is 23.2 Å². The first-order valence-corrected chi connectivity index (χ1v) is 11.2. The van der Waals surface area contributed by atoms with Gasteiger partial charge in [0.05, 0.1) is 10.6 Å². The molecule has 2 aromatic heterocycles. The Hall–Kier alpha value is -3.98. The van der Waals surface area contributed by atoms with Crippen molar-refractivity contribution >= 4 is 34.4 Å². The smallest absolute Gasteiger partial charge is 0.407 e. The third-order valence-corrected chi connectivity index (χ3v) is 6.42. The zero-order valence-corrected chi connectivity index (χ0v) is 19.0. The number of carbonyl (C=O) groups is 1. The van der Waals surface area contributed by atoms with Gasteiger partial charge in [-0.05, 0) is 35.9 Å². The number of fused-ring (bicyclic) bond motifs is 1. The zero-order valence-electron chi connectivity index (χ0n) is 18.3. The maximum Gasteiger partial charge on any atom is 0.407 e. The van der Waals surface area contributed by atoms with Crippen molar-refractivity contribution in [1.82, 2.24) is 9.88 Å². The monoisotopic (exact) mass is 496 g/mol. The van der Waals surface area contributed by atoms with E-state index in [0.29, 0.717) is 50.7 Å². The van der Waals surface area contributed by atoms with E-state index in [2.05, 4.69) is 0 Å². The van der Waals surface area contributed by atoms with Crippen molar-refractivity contribution in [2.24, 2.45) is 0 Å². The largest absolute Gasteiger partial charge is 0.618 e. The van der Waals surface area contributed by atoms with E-state index in [1.807, 2.05) is 4.90 Å². The molecule has 0 aliphatic carbocycles. The Labute approximate surface area is 204 Å². The number of benzene rings is 2. The van der Waals surface area contributed by atoms with E-state index < -0.39 is 17.7 Å². The molecule has 2 aromatic carbocycles. The molecule has 1 aliphatic heterocycles. The molecule has 0 spiro atoms. The van der Waals surface area contributed by atoms with Gasteiger partial charge in [-0.3, -0.25) is 0 Å². The summed E-state index contributed by atoms with van der Waals surface area (Å²) in [5, 5.41) is 23.1. The highest BCUT2D eigenvalue weighted by Crippen LogP contribution is 2.37. The second-order valence-electron chi connectivity index (χ2n) is 8.14. The second kappa shape index (κ2) is 8.99. The van der Waals surface area contributed by atoms with Crippen LogP contribution in [0.4, 0.5) is 19.4 Å². The molecule has 1 amide bonds. The van der Waals surface area contributed by atoms with Gasteiger partial charge in [0.15, 0.2) is 6.20 Å². The lowest BCUT2D eigenvalue weighted by molar-refractivity contribution is -0.592. The van der Waals surface area contributed by atoms with Crippen LogP contribution in [0.15, 0.2) is 60.8 Å². The summed E-state index contributed by atoms with van der Waals surface area (Å²) < 4.78 is 29.2. The number of nitrogens with zero attached hydrogens (tertiary/aromatic N) is 4. The van der Waals surface area contributed by atoms with Gasteiger partial charge in [0, 0.05) is 49.3 Å². The molecule has 5 rings (SSSR count). The molecular formula is C25H19ClF2N4O3. The maximum atomic E-state index is 14.9. The first-order chi connectivity index (χ1) is 16.8. The predicted molar refractivity (Wildman–Crippen MR) is 128 cm³/mol. The summed E-state index contributed by atoms with van der Waals surface area (Å²) in [5.74, 6) is -1.01. The molecule has 0 unspecified atom stereocenters. The van der Waals surface area contributed by atoms with Gasteiger partial charge >= 0.3 is 6.09 Å². The summed E-state index contributed by atoms with van der Waals surface area (Å²) in [7, 11) is 0. The number of aromatic nitrogens is 2. The Morgan fingerprint density at radius 2 is 1.74 bits per heavy atom. The SMILES string of the molecule is O=C(O)N1CCN(c2cc(-c3ccc(F)cc3F)c3cc[n+]([O-])c(-c4ccccc4Cl)c3n2)CC1. The van der Waals surface area contributed by atoms with Gasteiger partial charge in [-0.15, -0.1) is 0 Å². The van der Waals surface area contributed by atoms with Gasteiger partial charge in [0.1, 0.15) is 23.0 Å². The van der Waals surface area contributed by atoms with E-state index >= 15 is 0 Å². The third-order valence-electron chi connectivity index (χ3n) is 6.09. The summed E-state index contributed by atoms with van der Waals surface area (Å²) in [6.45, 7) is 1.26. The molecule has 10 heteroatoms. The Balaban J connectivity index is 1.76. The van der Waals surface area contributed by atoms with Crippen LogP contribution in [0.5, 0.6) is 0 Å². The summed E-state index contributed by atoms with van der Waals surface area (Å²) >= 11 is 6.41. The zero-order chi connectivity index (χ0) is 24.7. The molecule has 1 fully saturated rings. The van der Waals surface area contributed by atoms with Crippen LogP contribution in [0.3, 0.4) is 0 Å².